The van der Waals surface area contributed by atoms with Gasteiger partial charge in [-0.05, 0) is 114 Å². The van der Waals surface area contributed by atoms with Crippen LogP contribution in [0.3, 0.4) is 0 Å². The van der Waals surface area contributed by atoms with Crippen molar-refractivity contribution in [2.45, 2.75) is 137 Å². The van der Waals surface area contributed by atoms with Gasteiger partial charge in [-0.25, -0.2) is 0 Å². The van der Waals surface area contributed by atoms with Crippen molar-refractivity contribution in [3.05, 3.63) is 36.4 Å². The molecule has 7 nitrogen and oxygen atoms in total. The minimum atomic E-state index is 0.274. The van der Waals surface area contributed by atoms with Gasteiger partial charge < -0.3 is 33.5 Å². The first kappa shape index (κ1) is 42.2. The molecule has 0 radical (unpaired) electrons. The molecular weight excluding hydrogens is 664 g/mol. The number of benzene rings is 4. The van der Waals surface area contributed by atoms with Gasteiger partial charge in [0.2, 0.25) is 0 Å². The Balaban J connectivity index is 1.93. The van der Waals surface area contributed by atoms with Crippen molar-refractivity contribution in [1.29, 1.82) is 0 Å². The van der Waals surface area contributed by atoms with Gasteiger partial charge in [-0.3, -0.25) is 0 Å². The van der Waals surface area contributed by atoms with Gasteiger partial charge in [0.05, 0.1) is 39.6 Å². The Hall–Kier alpha value is -3.58. The van der Waals surface area contributed by atoms with E-state index < -0.39 is 0 Å². The number of fused-ring (bicyclic) bond motifs is 6. The molecule has 0 fully saturated rings. The number of unbranched alkanes of at least 4 members (excludes halogenated alkanes) is 10. The second kappa shape index (κ2) is 24.0. The van der Waals surface area contributed by atoms with E-state index in [1.807, 2.05) is 0 Å². The number of aliphatic hydroxyl groups is 1. The van der Waals surface area contributed by atoms with Crippen LogP contribution in [0.15, 0.2) is 36.4 Å². The summed E-state index contributed by atoms with van der Waals surface area (Å²) in [6.07, 6.45) is 16.5. The highest BCUT2D eigenvalue weighted by atomic mass is 16.5. The highest BCUT2D eigenvalue weighted by Crippen LogP contribution is 2.47. The predicted octanol–water partition coefficient (Wildman–Crippen LogP) is 12.8. The molecule has 0 atom stereocenters. The van der Waals surface area contributed by atoms with E-state index in [0.29, 0.717) is 39.6 Å². The van der Waals surface area contributed by atoms with Crippen LogP contribution in [-0.2, 0) is 0 Å². The van der Waals surface area contributed by atoms with Gasteiger partial charge in [0.25, 0.3) is 0 Å². The molecule has 0 bridgehead atoms. The maximum absolute atomic E-state index is 9.11. The van der Waals surface area contributed by atoms with Gasteiger partial charge in [-0.15, -0.1) is 0 Å². The van der Waals surface area contributed by atoms with Crippen LogP contribution in [0.2, 0.25) is 0 Å². The summed E-state index contributed by atoms with van der Waals surface area (Å²) in [6.45, 7) is 15.0. The molecule has 0 aliphatic rings. The second-order valence-electron chi connectivity index (χ2n) is 14.2. The summed E-state index contributed by atoms with van der Waals surface area (Å²) in [6, 6.07) is 13.0. The number of aliphatic hydroxyl groups excluding tert-OH is 1. The minimum absolute atomic E-state index is 0.274. The Morgan fingerprint density at radius 1 is 0.302 bits per heavy atom. The van der Waals surface area contributed by atoms with E-state index in [-0.39, 0.29) is 6.61 Å². The van der Waals surface area contributed by atoms with E-state index in [2.05, 4.69) is 71.0 Å². The van der Waals surface area contributed by atoms with E-state index in [0.717, 1.165) is 170 Å². The molecule has 294 valence electrons. The first-order valence-electron chi connectivity index (χ1n) is 21.0. The van der Waals surface area contributed by atoms with Crippen LogP contribution in [0.4, 0.5) is 0 Å². The lowest BCUT2D eigenvalue weighted by Gasteiger charge is -2.20. The van der Waals surface area contributed by atoms with Crippen LogP contribution >= 0.6 is 0 Å². The van der Waals surface area contributed by atoms with E-state index in [9.17, 15) is 0 Å². The van der Waals surface area contributed by atoms with Crippen LogP contribution in [0.5, 0.6) is 34.5 Å². The lowest BCUT2D eigenvalue weighted by Crippen LogP contribution is -2.04. The summed E-state index contributed by atoms with van der Waals surface area (Å²) < 4.78 is 38.8. The molecule has 4 aromatic carbocycles. The van der Waals surface area contributed by atoms with Crippen LogP contribution in [-0.4, -0.2) is 51.4 Å². The first-order chi connectivity index (χ1) is 26.1. The molecule has 53 heavy (non-hydrogen) atoms. The van der Waals surface area contributed by atoms with Gasteiger partial charge in [-0.1, -0.05) is 92.4 Å². The highest BCUT2D eigenvalue weighted by Gasteiger charge is 2.20. The van der Waals surface area contributed by atoms with Crippen molar-refractivity contribution in [3.63, 3.8) is 0 Å². The Labute approximate surface area is 319 Å². The molecule has 0 aliphatic carbocycles. The summed E-state index contributed by atoms with van der Waals surface area (Å²) in [7, 11) is 0. The molecule has 0 heterocycles. The summed E-state index contributed by atoms with van der Waals surface area (Å²) in [5, 5.41) is 15.6. The van der Waals surface area contributed by atoms with Crippen molar-refractivity contribution in [2.24, 2.45) is 0 Å². The summed E-state index contributed by atoms with van der Waals surface area (Å²) >= 11 is 0. The maximum atomic E-state index is 9.11. The van der Waals surface area contributed by atoms with Gasteiger partial charge in [0, 0.05) is 6.61 Å². The zero-order valence-corrected chi connectivity index (χ0v) is 33.6. The predicted molar refractivity (Wildman–Crippen MR) is 221 cm³/mol. The molecule has 0 spiro atoms. The van der Waals surface area contributed by atoms with E-state index in [1.165, 1.54) is 0 Å². The first-order valence-corrected chi connectivity index (χ1v) is 21.0. The SMILES string of the molecule is CCCCOc1cc2c3cc(OCCCC)c(OCCCC)cc3c3cc(OCCCCCCCCO)c(OCCCC)cc3c2cc1OCCCC. The lowest BCUT2D eigenvalue weighted by atomic mass is 9.93. The Morgan fingerprint density at radius 2 is 0.509 bits per heavy atom. The van der Waals surface area contributed by atoms with Gasteiger partial charge in [0.1, 0.15) is 0 Å². The zero-order valence-electron chi connectivity index (χ0n) is 33.6. The second-order valence-corrected chi connectivity index (χ2v) is 14.2. The fourth-order valence-electron chi connectivity index (χ4n) is 6.43. The molecule has 0 aliphatic heterocycles. The molecular formula is C46H68O7. The molecule has 0 aromatic heterocycles. The number of ether oxygens (including phenoxy) is 6. The van der Waals surface area contributed by atoms with Crippen molar-refractivity contribution < 1.29 is 33.5 Å². The molecule has 1 N–H and O–H groups in total. The monoisotopic (exact) mass is 732 g/mol. The van der Waals surface area contributed by atoms with E-state index in [1.54, 1.807) is 0 Å². The van der Waals surface area contributed by atoms with Gasteiger partial charge in [-0.2, -0.15) is 0 Å². The third kappa shape index (κ3) is 12.5. The minimum Gasteiger partial charge on any atom is -0.490 e. The molecule has 0 saturated heterocycles. The summed E-state index contributed by atoms with van der Waals surface area (Å²) in [4.78, 5) is 0. The van der Waals surface area contributed by atoms with Crippen molar-refractivity contribution in [1.82, 2.24) is 0 Å². The number of hydrogen-bond acceptors (Lipinski definition) is 7. The Kier molecular flexibility index (Phi) is 19.1. The summed E-state index contributed by atoms with van der Waals surface area (Å²) in [5.41, 5.74) is 0. The number of rotatable bonds is 29. The fourth-order valence-corrected chi connectivity index (χ4v) is 6.43. The highest BCUT2D eigenvalue weighted by molar-refractivity contribution is 6.26. The van der Waals surface area contributed by atoms with Gasteiger partial charge >= 0.3 is 0 Å². The standard InChI is InChI=1S/C46H68O7/c1-6-11-23-48-41-29-35-36-30-42(49-24-12-7-2)44(51-26-14-9-4)32-38(36)40-34-46(53-28-21-19-17-16-18-20-22-47)45(52-27-15-10-5)33-39(40)37(35)31-43(41)50-25-13-8-3/h29-34,47H,6-28H2,1-5H3. The van der Waals surface area contributed by atoms with Crippen molar-refractivity contribution >= 4 is 32.3 Å². The average molecular weight is 733 g/mol. The third-order valence-corrected chi connectivity index (χ3v) is 9.71. The maximum Gasteiger partial charge on any atom is 0.161 e. The topological polar surface area (TPSA) is 75.6 Å². The van der Waals surface area contributed by atoms with Crippen molar-refractivity contribution in [2.75, 3.05) is 46.2 Å². The molecule has 4 aromatic rings. The number of hydrogen-bond donors (Lipinski definition) is 1. The van der Waals surface area contributed by atoms with Crippen LogP contribution in [0, 0.1) is 0 Å². The van der Waals surface area contributed by atoms with E-state index >= 15 is 0 Å². The smallest absolute Gasteiger partial charge is 0.161 e. The quantitative estimate of drug-likeness (QED) is 0.0440. The zero-order chi connectivity index (χ0) is 37.7. The molecule has 0 saturated carbocycles. The van der Waals surface area contributed by atoms with Crippen LogP contribution in [0.1, 0.15) is 137 Å². The van der Waals surface area contributed by atoms with Crippen LogP contribution < -0.4 is 28.4 Å². The Morgan fingerprint density at radius 3 is 0.736 bits per heavy atom. The fraction of sp³-hybridized carbons (Fsp3) is 0.609. The third-order valence-electron chi connectivity index (χ3n) is 9.71. The van der Waals surface area contributed by atoms with Crippen molar-refractivity contribution in [3.8, 4) is 34.5 Å². The largest absolute Gasteiger partial charge is 0.490 e. The lowest BCUT2D eigenvalue weighted by molar-refractivity contribution is 0.260. The average Bonchev–Trinajstić information content (AvgIpc) is 3.17. The Bertz CT molecular complexity index is 1600. The molecule has 0 unspecified atom stereocenters. The summed E-state index contributed by atoms with van der Waals surface area (Å²) in [5.74, 6) is 4.63. The van der Waals surface area contributed by atoms with Gasteiger partial charge in [0.15, 0.2) is 34.5 Å². The molecule has 7 heteroatoms. The van der Waals surface area contributed by atoms with Crippen LogP contribution in [0.25, 0.3) is 32.3 Å². The normalized spacial score (nSPS) is 11.4. The molecule has 4 rings (SSSR count). The molecule has 0 amide bonds. The van der Waals surface area contributed by atoms with E-state index in [4.69, 9.17) is 33.5 Å².